The molecule has 1 N–H and O–H groups in total. The highest BCUT2D eigenvalue weighted by molar-refractivity contribution is 5.70. The molecule has 0 bridgehead atoms. The number of rotatable bonds is 60. The molecule has 0 fully saturated rings. The van der Waals surface area contributed by atoms with Crippen LogP contribution < -0.4 is 0 Å². The van der Waals surface area contributed by atoms with Crippen LogP contribution in [0.15, 0.2) is 243 Å². The number of aliphatic hydroxyl groups excluding tert-OH is 1. The first-order valence-corrected chi connectivity index (χ1v) is 34.6. The van der Waals surface area contributed by atoms with Gasteiger partial charge in [0, 0.05) is 12.8 Å². The molecule has 0 aromatic heterocycles. The van der Waals surface area contributed by atoms with E-state index in [4.69, 9.17) is 9.47 Å². The lowest BCUT2D eigenvalue weighted by molar-refractivity contribution is -0.161. The van der Waals surface area contributed by atoms with Crippen molar-refractivity contribution in [1.82, 2.24) is 0 Å². The molecule has 0 rings (SSSR count). The first kappa shape index (κ1) is 81.7. The van der Waals surface area contributed by atoms with Gasteiger partial charge in [-0.1, -0.05) is 308 Å². The molecule has 88 heavy (non-hydrogen) atoms. The number of aliphatic hydroxyl groups is 1. The number of hydrogen-bond donors (Lipinski definition) is 1. The second-order valence-electron chi connectivity index (χ2n) is 21.8. The molecule has 0 aromatic carbocycles. The van der Waals surface area contributed by atoms with Crippen molar-refractivity contribution in [3.05, 3.63) is 243 Å². The summed E-state index contributed by atoms with van der Waals surface area (Å²) in [6.07, 6.45) is 124. The molecule has 5 nitrogen and oxygen atoms in total. The Morgan fingerprint density at radius 3 is 0.705 bits per heavy atom. The quantitative estimate of drug-likeness (QED) is 0.0373. The van der Waals surface area contributed by atoms with E-state index in [0.717, 1.165) is 161 Å². The van der Waals surface area contributed by atoms with E-state index >= 15 is 0 Å². The summed E-state index contributed by atoms with van der Waals surface area (Å²) in [7, 11) is 0. The van der Waals surface area contributed by atoms with E-state index in [0.29, 0.717) is 12.8 Å². The fraction of sp³-hybridized carbons (Fsp3) is 0.494. The Hall–Kier alpha value is -6.30. The van der Waals surface area contributed by atoms with Gasteiger partial charge in [-0.05, 0) is 167 Å². The van der Waals surface area contributed by atoms with Gasteiger partial charge in [0.2, 0.25) is 0 Å². The second kappa shape index (κ2) is 75.0. The Bertz CT molecular complexity index is 2200. The van der Waals surface area contributed by atoms with Gasteiger partial charge in [-0.15, -0.1) is 0 Å². The number of ether oxygens (including phenoxy) is 2. The summed E-state index contributed by atoms with van der Waals surface area (Å²) >= 11 is 0. The molecule has 1 unspecified atom stereocenters. The summed E-state index contributed by atoms with van der Waals surface area (Å²) in [4.78, 5) is 24.6. The van der Waals surface area contributed by atoms with Gasteiger partial charge in [0.25, 0.3) is 0 Å². The number of hydrogen-bond acceptors (Lipinski definition) is 5. The van der Waals surface area contributed by atoms with Gasteiger partial charge in [-0.25, -0.2) is 0 Å². The Morgan fingerprint density at radius 1 is 0.261 bits per heavy atom. The Balaban J connectivity index is 3.69. The van der Waals surface area contributed by atoms with Crippen LogP contribution in [0.1, 0.15) is 245 Å². The number of unbranched alkanes of at least 4 members (excludes halogenated alkanes) is 12. The van der Waals surface area contributed by atoms with Crippen molar-refractivity contribution in [2.45, 2.75) is 251 Å². The standard InChI is InChI=1S/C83H124O5/c1-3-5-7-9-11-13-15-17-19-21-23-25-27-29-31-33-35-37-39-40-41-42-44-46-48-50-52-54-56-58-60-62-64-66-68-70-72-74-76-78-83(86)88-81(79-84)80-87-82(85)77-75-73-71-69-67-65-63-61-59-57-55-53-51-49-47-45-43-38-36-34-32-30-28-26-24-22-20-18-16-14-12-10-8-6-4-2/h5-8,11-14,17-20,23-26,29-32,35-38,40-41,44-47,50-53,56,58,62,64,68,70,81,84H,3-4,9-10,15-16,21-22,27-28,33-34,39,42-43,48-49,54-55,57,59-61,63,65-67,69,71-80H2,1-2H3/b7-5-,8-6-,13-11-,14-12-,19-17-,20-18-,25-23-,26-24-,31-29-,32-30-,37-35-,38-36-,41-40-,46-44-,47-45-,52-50-,53-51-,58-56-,64-62-,70-68-. The van der Waals surface area contributed by atoms with Gasteiger partial charge in [-0.2, -0.15) is 0 Å². The molecule has 0 aliphatic rings. The monoisotopic (exact) mass is 1200 g/mol. The smallest absolute Gasteiger partial charge is 0.306 e. The van der Waals surface area contributed by atoms with Crippen molar-refractivity contribution in [3.8, 4) is 0 Å². The Kier molecular flexibility index (Phi) is 69.6. The van der Waals surface area contributed by atoms with E-state index in [-0.39, 0.29) is 31.6 Å². The third-order valence-corrected chi connectivity index (χ3v) is 13.6. The zero-order valence-corrected chi connectivity index (χ0v) is 55.6. The molecule has 0 saturated carbocycles. The minimum Gasteiger partial charge on any atom is -0.462 e. The zero-order chi connectivity index (χ0) is 63.3. The minimum absolute atomic E-state index is 0.102. The summed E-state index contributed by atoms with van der Waals surface area (Å²) < 4.78 is 10.7. The first-order chi connectivity index (χ1) is 43.6. The fourth-order valence-corrected chi connectivity index (χ4v) is 8.55. The van der Waals surface area contributed by atoms with Crippen LogP contribution in [-0.2, 0) is 19.1 Å². The highest BCUT2D eigenvalue weighted by atomic mass is 16.6. The van der Waals surface area contributed by atoms with E-state index in [2.05, 4.69) is 257 Å². The average Bonchev–Trinajstić information content (AvgIpc) is 3.54. The van der Waals surface area contributed by atoms with Gasteiger partial charge < -0.3 is 14.6 Å². The lowest BCUT2D eigenvalue weighted by atomic mass is 10.1. The Labute approximate surface area is 540 Å². The van der Waals surface area contributed by atoms with Crippen LogP contribution in [0, 0.1) is 0 Å². The summed E-state index contributed by atoms with van der Waals surface area (Å²) in [5.41, 5.74) is 0. The van der Waals surface area contributed by atoms with Crippen molar-refractivity contribution in [1.29, 1.82) is 0 Å². The highest BCUT2D eigenvalue weighted by Gasteiger charge is 2.16. The van der Waals surface area contributed by atoms with E-state index in [1.165, 1.54) is 51.4 Å². The molecule has 0 amide bonds. The van der Waals surface area contributed by atoms with Crippen LogP contribution in [0.5, 0.6) is 0 Å². The molecule has 0 spiro atoms. The third kappa shape index (κ3) is 72.2. The van der Waals surface area contributed by atoms with Gasteiger partial charge in [0.15, 0.2) is 6.10 Å². The fourth-order valence-electron chi connectivity index (χ4n) is 8.55. The van der Waals surface area contributed by atoms with Crippen molar-refractivity contribution in [2.24, 2.45) is 0 Å². The molecule has 0 aliphatic carbocycles. The van der Waals surface area contributed by atoms with E-state index < -0.39 is 6.10 Å². The number of allylic oxidation sites excluding steroid dienone is 40. The van der Waals surface area contributed by atoms with Gasteiger partial charge in [0.1, 0.15) is 6.61 Å². The molecule has 0 aliphatic heterocycles. The number of carbonyl (C=O) groups excluding carboxylic acids is 2. The van der Waals surface area contributed by atoms with Crippen LogP contribution in [0.25, 0.3) is 0 Å². The maximum absolute atomic E-state index is 12.3. The molecular formula is C83H124O5. The van der Waals surface area contributed by atoms with Crippen molar-refractivity contribution >= 4 is 11.9 Å². The molecule has 5 heteroatoms. The van der Waals surface area contributed by atoms with E-state index in [9.17, 15) is 14.7 Å². The van der Waals surface area contributed by atoms with Gasteiger partial charge >= 0.3 is 11.9 Å². The first-order valence-electron chi connectivity index (χ1n) is 34.6. The lowest BCUT2D eigenvalue weighted by Gasteiger charge is -2.15. The van der Waals surface area contributed by atoms with Gasteiger partial charge in [-0.3, -0.25) is 9.59 Å². The van der Waals surface area contributed by atoms with Crippen LogP contribution in [-0.4, -0.2) is 36.4 Å². The number of esters is 2. The molecule has 0 aromatic rings. The minimum atomic E-state index is -0.818. The number of carbonyl (C=O) groups is 2. The van der Waals surface area contributed by atoms with Crippen LogP contribution in [0.3, 0.4) is 0 Å². The maximum atomic E-state index is 12.3. The Morgan fingerprint density at radius 2 is 0.455 bits per heavy atom. The predicted octanol–water partition coefficient (Wildman–Crippen LogP) is 24.6. The summed E-state index contributed by atoms with van der Waals surface area (Å²) in [5.74, 6) is -0.665. The summed E-state index contributed by atoms with van der Waals surface area (Å²) in [6.45, 7) is 3.86. The highest BCUT2D eigenvalue weighted by Crippen LogP contribution is 2.14. The average molecular weight is 1200 g/mol. The molecular weight excluding hydrogens is 1080 g/mol. The topological polar surface area (TPSA) is 72.8 Å². The second-order valence-corrected chi connectivity index (χ2v) is 21.8. The lowest BCUT2D eigenvalue weighted by Crippen LogP contribution is -2.28. The predicted molar refractivity (Wildman–Crippen MR) is 388 cm³/mol. The van der Waals surface area contributed by atoms with Gasteiger partial charge in [0.05, 0.1) is 6.61 Å². The molecule has 486 valence electrons. The molecule has 0 saturated heterocycles. The normalized spacial score (nSPS) is 13.8. The summed E-state index contributed by atoms with van der Waals surface area (Å²) in [5, 5.41) is 9.69. The van der Waals surface area contributed by atoms with Crippen molar-refractivity contribution in [2.75, 3.05) is 13.2 Å². The summed E-state index contributed by atoms with van der Waals surface area (Å²) in [6, 6.07) is 0. The third-order valence-electron chi connectivity index (χ3n) is 13.6. The van der Waals surface area contributed by atoms with E-state index in [1.54, 1.807) is 0 Å². The maximum Gasteiger partial charge on any atom is 0.306 e. The van der Waals surface area contributed by atoms with Crippen LogP contribution in [0.4, 0.5) is 0 Å². The van der Waals surface area contributed by atoms with Crippen molar-refractivity contribution in [3.63, 3.8) is 0 Å². The van der Waals surface area contributed by atoms with Crippen LogP contribution >= 0.6 is 0 Å². The van der Waals surface area contributed by atoms with Crippen LogP contribution in [0.2, 0.25) is 0 Å². The molecule has 0 radical (unpaired) electrons. The zero-order valence-electron chi connectivity index (χ0n) is 55.6. The van der Waals surface area contributed by atoms with Crippen molar-refractivity contribution < 1.29 is 24.2 Å². The largest absolute Gasteiger partial charge is 0.462 e. The molecule has 0 heterocycles. The SMILES string of the molecule is CC/C=C\C/C=C\C/C=C\C/C=C\C/C=C\C/C=C\C/C=C\C/C=C\C/C=C\C/C=C\C/C=C\C/C=C\CCCCC(=O)OC(CO)COC(=O)CCCCCCCCCCCC/C=C\C/C=C\C/C=C\C/C=C\C/C=C\C/C=C\C/C=C\C/C=C\CC. The molecule has 1 atom stereocenters. The van der Waals surface area contributed by atoms with E-state index in [1.807, 2.05) is 0 Å².